The van der Waals surface area contributed by atoms with Crippen molar-refractivity contribution in [3.63, 3.8) is 0 Å². The van der Waals surface area contributed by atoms with Crippen LogP contribution < -0.4 is 15.5 Å². The van der Waals surface area contributed by atoms with Crippen LogP contribution in [0.25, 0.3) is 0 Å². The van der Waals surface area contributed by atoms with Gasteiger partial charge in [-0.3, -0.25) is 9.59 Å². The number of nitrogens with zero attached hydrogens (tertiary/aromatic N) is 3. The number of para-hydroxylation sites is 1. The fourth-order valence-corrected chi connectivity index (χ4v) is 3.91. The maximum absolute atomic E-state index is 12.9. The Labute approximate surface area is 206 Å². The Kier molecular flexibility index (Phi) is 8.62. The topological polar surface area (TPSA) is 77.6 Å². The Morgan fingerprint density at radius 2 is 1.59 bits per heavy atom. The van der Waals surface area contributed by atoms with Gasteiger partial charge in [0.05, 0.1) is 11.3 Å². The number of anilines is 3. The third-order valence-corrected chi connectivity index (χ3v) is 5.76. The van der Waals surface area contributed by atoms with Crippen molar-refractivity contribution in [3.05, 3.63) is 83.6 Å². The number of aryl methyl sites for hydroxylation is 1. The molecule has 3 aromatic rings. The van der Waals surface area contributed by atoms with Crippen molar-refractivity contribution in [2.24, 2.45) is 0 Å². The molecule has 0 bridgehead atoms. The second kappa shape index (κ2) is 11.6. The highest BCUT2D eigenvalue weighted by Crippen LogP contribution is 2.20. The molecule has 0 unspecified atom stereocenters. The molecule has 0 saturated carbocycles. The molecular weight excluding hydrogens is 450 g/mol. The smallest absolute Gasteiger partial charge is 0.258 e. The molecular formula is C26H30ClN5O2. The molecule has 0 aliphatic carbocycles. The van der Waals surface area contributed by atoms with Crippen LogP contribution in [0.3, 0.4) is 0 Å². The number of carbonyl (C=O) groups is 2. The minimum atomic E-state index is -0.328. The minimum Gasteiger partial charge on any atom is -0.370 e. The fraction of sp³-hybridized carbons (Fsp3) is 0.269. The maximum atomic E-state index is 12.9. The molecule has 2 heterocycles. The summed E-state index contributed by atoms with van der Waals surface area (Å²) in [7, 11) is 2.15. The van der Waals surface area contributed by atoms with E-state index in [1.54, 1.807) is 30.3 Å². The molecule has 2 N–H and O–H groups in total. The number of pyridine rings is 1. The summed E-state index contributed by atoms with van der Waals surface area (Å²) >= 11 is 0. The summed E-state index contributed by atoms with van der Waals surface area (Å²) in [5.74, 6) is -0.118. The van der Waals surface area contributed by atoms with Crippen LogP contribution in [0.2, 0.25) is 0 Å². The first kappa shape index (κ1) is 25.2. The van der Waals surface area contributed by atoms with E-state index in [1.807, 2.05) is 43.3 Å². The van der Waals surface area contributed by atoms with Crippen molar-refractivity contribution in [2.75, 3.05) is 48.8 Å². The first-order valence-corrected chi connectivity index (χ1v) is 11.2. The lowest BCUT2D eigenvalue weighted by Gasteiger charge is -2.23. The van der Waals surface area contributed by atoms with Gasteiger partial charge >= 0.3 is 0 Å². The number of benzene rings is 2. The summed E-state index contributed by atoms with van der Waals surface area (Å²) in [6.45, 7) is 5.97. The molecule has 1 saturated heterocycles. The first-order chi connectivity index (χ1) is 16.0. The molecule has 4 rings (SSSR count). The lowest BCUT2D eigenvalue weighted by atomic mass is 10.1. The van der Waals surface area contributed by atoms with Crippen LogP contribution in [-0.2, 0) is 0 Å². The Hall–Kier alpha value is -3.42. The number of hydrogen-bond donors (Lipinski definition) is 2. The summed E-state index contributed by atoms with van der Waals surface area (Å²) in [5.41, 5.74) is 3.30. The molecule has 2 aromatic carbocycles. The van der Waals surface area contributed by atoms with Crippen LogP contribution in [0.15, 0.2) is 66.7 Å². The molecule has 8 heteroatoms. The predicted octanol–water partition coefficient (Wildman–Crippen LogP) is 4.46. The molecule has 1 aliphatic rings. The molecule has 2 amide bonds. The number of aromatic nitrogens is 1. The quantitative estimate of drug-likeness (QED) is 0.565. The number of hydrogen-bond acceptors (Lipinski definition) is 5. The number of halogens is 1. The standard InChI is InChI=1S/C26H29N5O2.ClH/c1-19-7-5-10-24(27-19)29-26(33)22-8-3-4-9-23(22)28-25(32)20-11-13-21(14-12-20)31-16-6-15-30(2)17-18-31;/h3-5,7-14H,6,15-18H2,1-2H3,(H,28,32)(H,27,29,33);1H. The normalized spacial score (nSPS) is 14.0. The zero-order valence-corrected chi connectivity index (χ0v) is 20.3. The minimum absolute atomic E-state index is 0. The Morgan fingerprint density at radius 1 is 0.824 bits per heavy atom. The molecule has 0 atom stereocenters. The van der Waals surface area contributed by atoms with Crippen LogP contribution in [0.5, 0.6) is 0 Å². The summed E-state index contributed by atoms with van der Waals surface area (Å²) < 4.78 is 0. The van der Waals surface area contributed by atoms with Crippen molar-refractivity contribution in [1.29, 1.82) is 0 Å². The summed E-state index contributed by atoms with van der Waals surface area (Å²) in [5, 5.41) is 5.67. The Bertz CT molecular complexity index is 1140. The van der Waals surface area contributed by atoms with Gasteiger partial charge in [-0.1, -0.05) is 18.2 Å². The van der Waals surface area contributed by atoms with Crippen LogP contribution in [-0.4, -0.2) is 54.9 Å². The van der Waals surface area contributed by atoms with E-state index in [1.165, 1.54) is 0 Å². The van der Waals surface area contributed by atoms with Gasteiger partial charge in [-0.2, -0.15) is 0 Å². The van der Waals surface area contributed by atoms with Crippen molar-refractivity contribution in [1.82, 2.24) is 9.88 Å². The van der Waals surface area contributed by atoms with E-state index in [-0.39, 0.29) is 24.2 Å². The molecule has 0 spiro atoms. The lowest BCUT2D eigenvalue weighted by molar-refractivity contribution is 0.102. The SMILES string of the molecule is Cc1cccc(NC(=O)c2ccccc2NC(=O)c2ccc(N3CCCN(C)CC3)cc2)n1.Cl. The summed E-state index contributed by atoms with van der Waals surface area (Å²) in [4.78, 5) is 34.7. The Balaban J connectivity index is 0.00000324. The van der Waals surface area contributed by atoms with Gasteiger partial charge < -0.3 is 20.4 Å². The molecule has 178 valence electrons. The number of nitrogens with one attached hydrogen (secondary N) is 2. The Morgan fingerprint density at radius 3 is 2.35 bits per heavy atom. The number of amides is 2. The summed E-state index contributed by atoms with van der Waals surface area (Å²) in [6, 6.07) is 20.0. The second-order valence-electron chi connectivity index (χ2n) is 8.31. The largest absolute Gasteiger partial charge is 0.370 e. The predicted molar refractivity (Wildman–Crippen MR) is 139 cm³/mol. The van der Waals surface area contributed by atoms with Gasteiger partial charge in [-0.05, 0) is 75.5 Å². The van der Waals surface area contributed by atoms with Crippen LogP contribution in [0.4, 0.5) is 17.2 Å². The molecule has 1 aliphatic heterocycles. The highest BCUT2D eigenvalue weighted by Gasteiger charge is 2.16. The van der Waals surface area contributed by atoms with Crippen molar-refractivity contribution < 1.29 is 9.59 Å². The van der Waals surface area contributed by atoms with Crippen molar-refractivity contribution >= 4 is 41.4 Å². The molecule has 34 heavy (non-hydrogen) atoms. The maximum Gasteiger partial charge on any atom is 0.258 e. The van der Waals surface area contributed by atoms with E-state index in [9.17, 15) is 9.59 Å². The van der Waals surface area contributed by atoms with Crippen LogP contribution in [0, 0.1) is 6.92 Å². The molecule has 1 fully saturated rings. The van der Waals surface area contributed by atoms with Gasteiger partial charge in [0.25, 0.3) is 11.8 Å². The highest BCUT2D eigenvalue weighted by molar-refractivity contribution is 6.12. The average Bonchev–Trinajstić information content (AvgIpc) is 3.04. The third kappa shape index (κ3) is 6.34. The van der Waals surface area contributed by atoms with Gasteiger partial charge in [-0.25, -0.2) is 4.98 Å². The number of rotatable bonds is 5. The average molecular weight is 480 g/mol. The summed E-state index contributed by atoms with van der Waals surface area (Å²) in [6.07, 6.45) is 1.12. The van der Waals surface area contributed by atoms with Crippen molar-refractivity contribution in [2.45, 2.75) is 13.3 Å². The van der Waals surface area contributed by atoms with Crippen LogP contribution >= 0.6 is 12.4 Å². The van der Waals surface area contributed by atoms with E-state index >= 15 is 0 Å². The fourth-order valence-electron chi connectivity index (χ4n) is 3.91. The molecule has 0 radical (unpaired) electrons. The number of carbonyl (C=O) groups excluding carboxylic acids is 2. The number of likely N-dealkylation sites (N-methyl/N-ethyl adjacent to an activating group) is 1. The van der Waals surface area contributed by atoms with E-state index in [0.29, 0.717) is 22.6 Å². The van der Waals surface area contributed by atoms with E-state index in [4.69, 9.17) is 0 Å². The first-order valence-electron chi connectivity index (χ1n) is 11.2. The van der Waals surface area contributed by atoms with Gasteiger partial charge in [0.1, 0.15) is 5.82 Å². The third-order valence-electron chi connectivity index (χ3n) is 5.76. The van der Waals surface area contributed by atoms with Crippen molar-refractivity contribution in [3.8, 4) is 0 Å². The van der Waals surface area contributed by atoms with Crippen LogP contribution in [0.1, 0.15) is 32.8 Å². The van der Waals surface area contributed by atoms with Gasteiger partial charge in [0.15, 0.2) is 0 Å². The molecule has 7 nitrogen and oxygen atoms in total. The zero-order valence-electron chi connectivity index (χ0n) is 19.5. The zero-order chi connectivity index (χ0) is 23.2. The van der Waals surface area contributed by atoms with Gasteiger partial charge in [-0.15, -0.1) is 12.4 Å². The monoisotopic (exact) mass is 479 g/mol. The van der Waals surface area contributed by atoms with E-state index < -0.39 is 0 Å². The lowest BCUT2D eigenvalue weighted by Crippen LogP contribution is -2.28. The second-order valence-corrected chi connectivity index (χ2v) is 8.31. The highest BCUT2D eigenvalue weighted by atomic mass is 35.5. The van der Waals surface area contributed by atoms with E-state index in [0.717, 1.165) is 44.0 Å². The van der Waals surface area contributed by atoms with Gasteiger partial charge in [0, 0.05) is 36.6 Å². The van der Waals surface area contributed by atoms with Gasteiger partial charge in [0.2, 0.25) is 0 Å². The molecule has 1 aromatic heterocycles. The van der Waals surface area contributed by atoms with E-state index in [2.05, 4.69) is 32.5 Å².